The highest BCUT2D eigenvalue weighted by molar-refractivity contribution is 6.07. The summed E-state index contributed by atoms with van der Waals surface area (Å²) in [6, 6.07) is 12.5. The molecule has 0 unspecified atom stereocenters. The summed E-state index contributed by atoms with van der Waals surface area (Å²) in [6.45, 7) is 5.87. The number of rotatable bonds is 2. The molecule has 0 radical (unpaired) electrons. The fourth-order valence-corrected chi connectivity index (χ4v) is 2.35. The standard InChI is InChI=1S/C17H14O/c1-3-7-16-13(4-2)15-11-10-12-8-5-6-9-14(12)17(15)18-16/h3-11H,2H2,1H3/b7-3-. The van der Waals surface area contributed by atoms with E-state index >= 15 is 0 Å². The Kier molecular flexibility index (Phi) is 2.52. The van der Waals surface area contributed by atoms with E-state index in [-0.39, 0.29) is 0 Å². The zero-order valence-corrected chi connectivity index (χ0v) is 10.3. The van der Waals surface area contributed by atoms with E-state index in [9.17, 15) is 0 Å². The van der Waals surface area contributed by atoms with Crippen LogP contribution in [-0.2, 0) is 0 Å². The van der Waals surface area contributed by atoms with Gasteiger partial charge in [0.1, 0.15) is 11.3 Å². The van der Waals surface area contributed by atoms with Gasteiger partial charge in [0.05, 0.1) is 0 Å². The van der Waals surface area contributed by atoms with Crippen molar-refractivity contribution in [2.45, 2.75) is 6.92 Å². The Morgan fingerprint density at radius 1 is 1.06 bits per heavy atom. The third-order valence-corrected chi connectivity index (χ3v) is 3.17. The molecule has 1 aromatic heterocycles. The molecule has 1 heterocycles. The average molecular weight is 234 g/mol. The van der Waals surface area contributed by atoms with Gasteiger partial charge in [-0.2, -0.15) is 0 Å². The van der Waals surface area contributed by atoms with Gasteiger partial charge in [-0.3, -0.25) is 0 Å². The van der Waals surface area contributed by atoms with E-state index < -0.39 is 0 Å². The topological polar surface area (TPSA) is 13.1 Å². The van der Waals surface area contributed by atoms with Crippen LogP contribution in [-0.4, -0.2) is 0 Å². The molecule has 0 aliphatic carbocycles. The highest BCUT2D eigenvalue weighted by Crippen LogP contribution is 2.33. The fraction of sp³-hybridized carbons (Fsp3) is 0.0588. The van der Waals surface area contributed by atoms with Crippen molar-refractivity contribution in [2.24, 2.45) is 0 Å². The lowest BCUT2D eigenvalue weighted by molar-refractivity contribution is 0.606. The lowest BCUT2D eigenvalue weighted by Crippen LogP contribution is -1.74. The first-order valence-corrected chi connectivity index (χ1v) is 6.04. The van der Waals surface area contributed by atoms with Crippen LogP contribution in [0.25, 0.3) is 33.9 Å². The summed E-state index contributed by atoms with van der Waals surface area (Å²) in [5.74, 6) is 0.874. The van der Waals surface area contributed by atoms with Crippen molar-refractivity contribution in [3.05, 3.63) is 60.4 Å². The molecule has 0 aliphatic heterocycles. The second-order valence-corrected chi connectivity index (χ2v) is 4.25. The smallest absolute Gasteiger partial charge is 0.143 e. The van der Waals surface area contributed by atoms with E-state index in [1.54, 1.807) is 0 Å². The summed E-state index contributed by atoms with van der Waals surface area (Å²) in [7, 11) is 0. The molecule has 3 aromatic rings. The molecule has 2 aromatic carbocycles. The summed E-state index contributed by atoms with van der Waals surface area (Å²) < 4.78 is 5.99. The molecule has 0 saturated heterocycles. The highest BCUT2D eigenvalue weighted by Gasteiger charge is 2.11. The van der Waals surface area contributed by atoms with Crippen molar-refractivity contribution in [3.8, 4) is 0 Å². The SMILES string of the molecule is C=Cc1c(/C=C\C)oc2c1ccc1ccccc12. The van der Waals surface area contributed by atoms with Crippen LogP contribution in [0.2, 0.25) is 0 Å². The molecule has 0 bridgehead atoms. The van der Waals surface area contributed by atoms with Crippen molar-refractivity contribution >= 4 is 33.9 Å². The van der Waals surface area contributed by atoms with Crippen molar-refractivity contribution in [1.29, 1.82) is 0 Å². The number of hydrogen-bond acceptors (Lipinski definition) is 1. The lowest BCUT2D eigenvalue weighted by Gasteiger charge is -1.97. The van der Waals surface area contributed by atoms with E-state index in [1.807, 2.05) is 37.3 Å². The van der Waals surface area contributed by atoms with Crippen LogP contribution < -0.4 is 0 Å². The molecule has 1 nitrogen and oxygen atoms in total. The Balaban J connectivity index is 2.48. The zero-order valence-electron chi connectivity index (χ0n) is 10.3. The van der Waals surface area contributed by atoms with Crippen LogP contribution in [0.4, 0.5) is 0 Å². The van der Waals surface area contributed by atoms with E-state index in [2.05, 4.69) is 30.8 Å². The summed E-state index contributed by atoms with van der Waals surface area (Å²) in [6.07, 6.45) is 5.81. The third kappa shape index (κ3) is 1.48. The maximum Gasteiger partial charge on any atom is 0.143 e. The predicted molar refractivity (Wildman–Crippen MR) is 78.5 cm³/mol. The van der Waals surface area contributed by atoms with Gasteiger partial charge in [0.2, 0.25) is 0 Å². The fourth-order valence-electron chi connectivity index (χ4n) is 2.35. The van der Waals surface area contributed by atoms with Gasteiger partial charge in [0.25, 0.3) is 0 Å². The van der Waals surface area contributed by atoms with Crippen LogP contribution in [0.3, 0.4) is 0 Å². The van der Waals surface area contributed by atoms with Gasteiger partial charge >= 0.3 is 0 Å². The molecular weight excluding hydrogens is 220 g/mol. The predicted octanol–water partition coefficient (Wildman–Crippen LogP) is 5.26. The van der Waals surface area contributed by atoms with Crippen molar-refractivity contribution < 1.29 is 4.42 Å². The largest absolute Gasteiger partial charge is 0.455 e. The Labute approximate surface area is 106 Å². The van der Waals surface area contributed by atoms with Crippen LogP contribution in [0.15, 0.2) is 53.5 Å². The van der Waals surface area contributed by atoms with Crippen LogP contribution in [0.1, 0.15) is 18.2 Å². The first kappa shape index (κ1) is 10.8. The highest BCUT2D eigenvalue weighted by atomic mass is 16.3. The van der Waals surface area contributed by atoms with Crippen LogP contribution >= 0.6 is 0 Å². The molecule has 0 amide bonds. The number of hydrogen-bond donors (Lipinski definition) is 0. The summed E-state index contributed by atoms with van der Waals surface area (Å²) in [5.41, 5.74) is 2.00. The molecule has 88 valence electrons. The number of fused-ring (bicyclic) bond motifs is 3. The summed E-state index contributed by atoms with van der Waals surface area (Å²) >= 11 is 0. The van der Waals surface area contributed by atoms with Gasteiger partial charge in [-0.05, 0) is 24.5 Å². The number of furan rings is 1. The molecule has 0 spiro atoms. The number of benzene rings is 2. The minimum atomic E-state index is 0.874. The van der Waals surface area contributed by atoms with E-state index in [0.29, 0.717) is 0 Å². The first-order chi connectivity index (χ1) is 8.85. The van der Waals surface area contributed by atoms with Gasteiger partial charge in [-0.25, -0.2) is 0 Å². The summed E-state index contributed by atoms with van der Waals surface area (Å²) in [5, 5.41) is 3.46. The van der Waals surface area contributed by atoms with E-state index in [0.717, 1.165) is 27.7 Å². The van der Waals surface area contributed by atoms with Gasteiger partial charge in [-0.1, -0.05) is 49.1 Å². The Hall–Kier alpha value is -2.28. The average Bonchev–Trinajstić information content (AvgIpc) is 2.77. The molecule has 1 heteroatoms. The van der Waals surface area contributed by atoms with Crippen LogP contribution in [0, 0.1) is 0 Å². The monoisotopic (exact) mass is 234 g/mol. The molecule has 3 rings (SSSR count). The zero-order chi connectivity index (χ0) is 12.5. The normalized spacial score (nSPS) is 11.6. The molecule has 0 fully saturated rings. The molecular formula is C17H14O. The molecule has 0 aliphatic rings. The van der Waals surface area contributed by atoms with Gasteiger partial charge in [0, 0.05) is 16.3 Å². The minimum absolute atomic E-state index is 0.874. The van der Waals surface area contributed by atoms with Crippen molar-refractivity contribution in [3.63, 3.8) is 0 Å². The number of allylic oxidation sites excluding steroid dienone is 1. The van der Waals surface area contributed by atoms with Crippen LogP contribution in [0.5, 0.6) is 0 Å². The Bertz CT molecular complexity index is 760. The molecule has 0 saturated carbocycles. The van der Waals surface area contributed by atoms with Gasteiger partial charge < -0.3 is 4.42 Å². The van der Waals surface area contributed by atoms with Crippen molar-refractivity contribution in [2.75, 3.05) is 0 Å². The second-order valence-electron chi connectivity index (χ2n) is 4.25. The summed E-state index contributed by atoms with van der Waals surface area (Å²) in [4.78, 5) is 0. The first-order valence-electron chi connectivity index (χ1n) is 6.04. The van der Waals surface area contributed by atoms with Gasteiger partial charge in [-0.15, -0.1) is 0 Å². The lowest BCUT2D eigenvalue weighted by atomic mass is 10.0. The Morgan fingerprint density at radius 2 is 1.89 bits per heavy atom. The molecule has 0 atom stereocenters. The quantitative estimate of drug-likeness (QED) is 0.589. The molecule has 18 heavy (non-hydrogen) atoms. The van der Waals surface area contributed by atoms with E-state index in [1.165, 1.54) is 5.39 Å². The maximum atomic E-state index is 5.99. The van der Waals surface area contributed by atoms with E-state index in [4.69, 9.17) is 4.42 Å². The third-order valence-electron chi connectivity index (χ3n) is 3.17. The maximum absolute atomic E-state index is 5.99. The second kappa shape index (κ2) is 4.19. The Morgan fingerprint density at radius 3 is 2.67 bits per heavy atom. The minimum Gasteiger partial charge on any atom is -0.455 e. The van der Waals surface area contributed by atoms with Gasteiger partial charge in [0.15, 0.2) is 0 Å². The van der Waals surface area contributed by atoms with Crippen molar-refractivity contribution in [1.82, 2.24) is 0 Å². The molecule has 0 N–H and O–H groups in total.